The van der Waals surface area contributed by atoms with Gasteiger partial charge >= 0.3 is 0 Å². The van der Waals surface area contributed by atoms with Crippen LogP contribution in [0.4, 0.5) is 0 Å². The summed E-state index contributed by atoms with van der Waals surface area (Å²) in [7, 11) is 0. The molecule has 1 aliphatic rings. The number of piperidine rings is 1. The highest BCUT2D eigenvalue weighted by molar-refractivity contribution is 5.47. The Morgan fingerprint density at radius 2 is 2.23 bits per heavy atom. The smallest absolute Gasteiger partial charge is 0.209 e. The van der Waals surface area contributed by atoms with Gasteiger partial charge in [-0.3, -0.25) is 4.98 Å². The van der Waals surface area contributed by atoms with E-state index in [0.29, 0.717) is 6.54 Å². The van der Waals surface area contributed by atoms with E-state index in [-0.39, 0.29) is 6.61 Å². The second-order valence-corrected chi connectivity index (χ2v) is 5.49. The predicted octanol–water partition coefficient (Wildman–Crippen LogP) is 2.05. The van der Waals surface area contributed by atoms with Crippen molar-refractivity contribution < 1.29 is 9.84 Å². The normalized spacial score (nSPS) is 19.1. The van der Waals surface area contributed by atoms with Crippen molar-refractivity contribution in [1.82, 2.24) is 9.88 Å². The first-order chi connectivity index (χ1) is 10.8. The van der Waals surface area contributed by atoms with Crippen LogP contribution < -0.4 is 0 Å². The van der Waals surface area contributed by atoms with Gasteiger partial charge in [0, 0.05) is 18.9 Å². The van der Waals surface area contributed by atoms with Gasteiger partial charge in [-0.05, 0) is 48.8 Å². The van der Waals surface area contributed by atoms with Crippen LogP contribution in [-0.2, 0) is 4.74 Å². The second kappa shape index (κ2) is 9.40. The van der Waals surface area contributed by atoms with E-state index in [1.807, 2.05) is 12.1 Å². The summed E-state index contributed by atoms with van der Waals surface area (Å²) in [6, 6.07) is 3.68. The number of likely N-dealkylation sites (tertiary alicyclic amines) is 1. The van der Waals surface area contributed by atoms with Crippen molar-refractivity contribution in [2.24, 2.45) is 5.18 Å². The first-order valence-electron chi connectivity index (χ1n) is 7.70. The van der Waals surface area contributed by atoms with Crippen molar-refractivity contribution in [3.63, 3.8) is 0 Å². The molecule has 2 unspecified atom stereocenters. The van der Waals surface area contributed by atoms with Crippen LogP contribution in [0.1, 0.15) is 24.8 Å². The van der Waals surface area contributed by atoms with Crippen LogP contribution in [0.2, 0.25) is 0 Å². The zero-order chi connectivity index (χ0) is 15.6. The second-order valence-electron chi connectivity index (χ2n) is 5.49. The van der Waals surface area contributed by atoms with E-state index in [2.05, 4.69) is 15.1 Å². The molecule has 2 rings (SSSR count). The maximum atomic E-state index is 10.8. The lowest BCUT2D eigenvalue weighted by atomic mass is 10.1. The van der Waals surface area contributed by atoms with Gasteiger partial charge < -0.3 is 14.7 Å². The predicted molar refractivity (Wildman–Crippen MR) is 85.1 cm³/mol. The van der Waals surface area contributed by atoms with E-state index in [9.17, 15) is 10.0 Å². The number of aliphatic hydroxyl groups is 1. The van der Waals surface area contributed by atoms with Crippen LogP contribution in [0, 0.1) is 4.91 Å². The summed E-state index contributed by atoms with van der Waals surface area (Å²) in [6.45, 7) is 2.73. The van der Waals surface area contributed by atoms with Gasteiger partial charge in [0.25, 0.3) is 0 Å². The third-order valence-electron chi connectivity index (χ3n) is 3.62. The van der Waals surface area contributed by atoms with Crippen LogP contribution in [0.3, 0.4) is 0 Å². The minimum atomic E-state index is -0.892. The summed E-state index contributed by atoms with van der Waals surface area (Å²) in [5.41, 5.74) is 0.869. The highest BCUT2D eigenvalue weighted by atomic mass is 16.5. The molecule has 1 fully saturated rings. The van der Waals surface area contributed by atoms with E-state index < -0.39 is 12.3 Å². The molecule has 0 saturated carbocycles. The lowest BCUT2D eigenvalue weighted by Gasteiger charge is -2.28. The first-order valence-corrected chi connectivity index (χ1v) is 7.70. The van der Waals surface area contributed by atoms with Crippen LogP contribution in [0.15, 0.2) is 35.8 Å². The zero-order valence-electron chi connectivity index (χ0n) is 12.7. The van der Waals surface area contributed by atoms with Crippen molar-refractivity contribution in [3.8, 4) is 0 Å². The number of rotatable bonds is 8. The molecule has 2 atom stereocenters. The molecule has 6 heteroatoms. The molecule has 6 nitrogen and oxygen atoms in total. The number of nitroso groups, excluding NO2 is 1. The molecule has 1 N–H and O–H groups in total. The largest absolute Gasteiger partial charge is 0.389 e. The van der Waals surface area contributed by atoms with E-state index in [1.54, 1.807) is 24.5 Å². The SMILES string of the molecule is O=NC(C=Cc1cccnc1)OCC(O)CN1CCCCC1. The number of nitrogens with zero attached hydrogens (tertiary/aromatic N) is 3. The molecule has 0 bridgehead atoms. The van der Waals surface area contributed by atoms with Crippen molar-refractivity contribution >= 4 is 6.08 Å². The molecule has 1 saturated heterocycles. The quantitative estimate of drug-likeness (QED) is 0.744. The van der Waals surface area contributed by atoms with Gasteiger partial charge in [-0.25, -0.2) is 0 Å². The summed E-state index contributed by atoms with van der Waals surface area (Å²) in [5, 5.41) is 12.9. The van der Waals surface area contributed by atoms with Crippen LogP contribution in [0.5, 0.6) is 0 Å². The maximum Gasteiger partial charge on any atom is 0.209 e. The monoisotopic (exact) mass is 305 g/mol. The molecule has 0 aromatic carbocycles. The molecule has 120 valence electrons. The zero-order valence-corrected chi connectivity index (χ0v) is 12.7. The molecule has 1 aliphatic heterocycles. The lowest BCUT2D eigenvalue weighted by Crippen LogP contribution is -2.38. The molecule has 0 spiro atoms. The third-order valence-corrected chi connectivity index (χ3v) is 3.62. The van der Waals surface area contributed by atoms with Gasteiger partial charge in [0.1, 0.15) is 0 Å². The Bertz CT molecular complexity index is 461. The minimum Gasteiger partial charge on any atom is -0.389 e. The summed E-state index contributed by atoms with van der Waals surface area (Å²) in [5.74, 6) is 0. The summed E-state index contributed by atoms with van der Waals surface area (Å²) in [6.07, 6.45) is 8.79. The van der Waals surface area contributed by atoms with E-state index in [4.69, 9.17) is 4.74 Å². The molecule has 22 heavy (non-hydrogen) atoms. The first kappa shape index (κ1) is 16.7. The van der Waals surface area contributed by atoms with Crippen LogP contribution >= 0.6 is 0 Å². The maximum absolute atomic E-state index is 10.8. The summed E-state index contributed by atoms with van der Waals surface area (Å²) < 4.78 is 5.35. The summed E-state index contributed by atoms with van der Waals surface area (Å²) >= 11 is 0. The highest BCUT2D eigenvalue weighted by Crippen LogP contribution is 2.10. The van der Waals surface area contributed by atoms with Crippen molar-refractivity contribution in [1.29, 1.82) is 0 Å². The highest BCUT2D eigenvalue weighted by Gasteiger charge is 2.16. The van der Waals surface area contributed by atoms with Crippen LogP contribution in [-0.4, -0.2) is 53.6 Å². The lowest BCUT2D eigenvalue weighted by molar-refractivity contribution is -0.00496. The minimum absolute atomic E-state index is 0.101. The van der Waals surface area contributed by atoms with Crippen molar-refractivity contribution in [2.45, 2.75) is 31.6 Å². The number of hydrogen-bond acceptors (Lipinski definition) is 6. The Morgan fingerprint density at radius 1 is 1.41 bits per heavy atom. The summed E-state index contributed by atoms with van der Waals surface area (Å²) in [4.78, 5) is 17.0. The molecule has 1 aromatic rings. The fourth-order valence-corrected chi connectivity index (χ4v) is 2.49. The Morgan fingerprint density at radius 3 is 2.91 bits per heavy atom. The topological polar surface area (TPSA) is 75.0 Å². The van der Waals surface area contributed by atoms with Gasteiger partial charge in [-0.1, -0.05) is 18.6 Å². The Hall–Kier alpha value is -1.63. The average molecular weight is 305 g/mol. The number of β-amino-alcohol motifs (C(OH)–C–C–N with tert-alkyl or cyclic N) is 1. The Kier molecular flexibility index (Phi) is 7.15. The number of aliphatic hydroxyl groups excluding tert-OH is 1. The molecule has 2 heterocycles. The number of hydrogen-bond donors (Lipinski definition) is 1. The molecular weight excluding hydrogens is 282 g/mol. The van der Waals surface area contributed by atoms with E-state index in [0.717, 1.165) is 18.7 Å². The van der Waals surface area contributed by atoms with Gasteiger partial charge in [-0.15, -0.1) is 4.91 Å². The fourth-order valence-electron chi connectivity index (χ4n) is 2.49. The van der Waals surface area contributed by atoms with Crippen molar-refractivity contribution in [3.05, 3.63) is 41.1 Å². The number of pyridine rings is 1. The standard InChI is InChI=1S/C16H23N3O3/c20-15(12-19-9-2-1-3-10-19)13-22-16(18-21)7-6-14-5-4-8-17-11-14/h4-8,11,15-16,20H,1-3,9-10,12-13H2. The van der Waals surface area contributed by atoms with Gasteiger partial charge in [0.05, 0.1) is 12.7 Å². The van der Waals surface area contributed by atoms with Crippen LogP contribution in [0.25, 0.3) is 6.08 Å². The Balaban J connectivity index is 1.73. The fraction of sp³-hybridized carbons (Fsp3) is 0.562. The number of aromatic nitrogens is 1. The van der Waals surface area contributed by atoms with E-state index in [1.165, 1.54) is 19.3 Å². The average Bonchev–Trinajstić information content (AvgIpc) is 2.57. The molecule has 0 amide bonds. The van der Waals surface area contributed by atoms with E-state index >= 15 is 0 Å². The molecule has 1 aromatic heterocycles. The number of ether oxygens (including phenoxy) is 1. The van der Waals surface area contributed by atoms with Gasteiger partial charge in [-0.2, -0.15) is 0 Å². The van der Waals surface area contributed by atoms with Gasteiger partial charge in [0.2, 0.25) is 6.23 Å². The Labute approximate surface area is 130 Å². The third kappa shape index (κ3) is 6.01. The van der Waals surface area contributed by atoms with Gasteiger partial charge in [0.15, 0.2) is 0 Å². The molecular formula is C16H23N3O3. The van der Waals surface area contributed by atoms with Crippen molar-refractivity contribution in [2.75, 3.05) is 26.2 Å². The molecule has 0 radical (unpaired) electrons. The molecule has 0 aliphatic carbocycles.